The molecule has 0 spiro atoms. The van der Waals surface area contributed by atoms with E-state index in [1.165, 1.54) is 0 Å². The van der Waals surface area contributed by atoms with E-state index >= 15 is 0 Å². The summed E-state index contributed by atoms with van der Waals surface area (Å²) in [4.78, 5) is 18.8. The Bertz CT molecular complexity index is 893. The third-order valence-electron chi connectivity index (χ3n) is 3.92. The summed E-state index contributed by atoms with van der Waals surface area (Å²) < 4.78 is 11.2. The summed E-state index contributed by atoms with van der Waals surface area (Å²) in [5, 5.41) is 4.00. The molecule has 1 amide bonds. The Morgan fingerprint density at radius 1 is 1.19 bits per heavy atom. The Hall–Kier alpha value is -2.67. The standard InChI is InChI=1S/C19H18BrN3O3/c1-3-23(19(24)15-6-4-5-7-16(15)20)12-17-21-18(22-26-17)13-8-10-14(25-2)11-9-13/h4-11H,3,12H2,1-2H3. The minimum atomic E-state index is -0.0934. The van der Waals surface area contributed by atoms with Crippen LogP contribution in [0, 0.1) is 0 Å². The first-order valence-corrected chi connectivity index (χ1v) is 8.92. The first-order chi connectivity index (χ1) is 12.6. The fourth-order valence-corrected chi connectivity index (χ4v) is 2.93. The quantitative estimate of drug-likeness (QED) is 0.604. The molecule has 0 atom stereocenters. The van der Waals surface area contributed by atoms with Gasteiger partial charge in [-0.2, -0.15) is 4.98 Å². The molecule has 2 aromatic carbocycles. The van der Waals surface area contributed by atoms with Crippen LogP contribution in [0.5, 0.6) is 5.75 Å². The lowest BCUT2D eigenvalue weighted by Crippen LogP contribution is -2.30. The number of hydrogen-bond acceptors (Lipinski definition) is 5. The number of hydrogen-bond donors (Lipinski definition) is 0. The van der Waals surface area contributed by atoms with Crippen LogP contribution in [0.3, 0.4) is 0 Å². The van der Waals surface area contributed by atoms with Gasteiger partial charge in [0.15, 0.2) is 0 Å². The molecule has 1 heterocycles. The molecule has 1 aromatic heterocycles. The van der Waals surface area contributed by atoms with Crippen molar-refractivity contribution in [1.82, 2.24) is 15.0 Å². The molecular formula is C19H18BrN3O3. The summed E-state index contributed by atoms with van der Waals surface area (Å²) in [5.41, 5.74) is 1.42. The molecule has 0 saturated heterocycles. The van der Waals surface area contributed by atoms with Gasteiger partial charge in [0.05, 0.1) is 12.7 Å². The lowest BCUT2D eigenvalue weighted by molar-refractivity contribution is 0.0733. The van der Waals surface area contributed by atoms with E-state index in [1.54, 1.807) is 18.1 Å². The van der Waals surface area contributed by atoms with Crippen molar-refractivity contribution in [2.24, 2.45) is 0 Å². The normalized spacial score (nSPS) is 10.6. The molecule has 0 fully saturated rings. The average Bonchev–Trinajstić information content (AvgIpc) is 3.14. The molecule has 0 bridgehead atoms. The van der Waals surface area contributed by atoms with Gasteiger partial charge in [-0.25, -0.2) is 0 Å². The maximum absolute atomic E-state index is 12.7. The van der Waals surface area contributed by atoms with Crippen LogP contribution in [0.4, 0.5) is 0 Å². The molecule has 0 radical (unpaired) electrons. The molecule has 6 nitrogen and oxygen atoms in total. The van der Waals surface area contributed by atoms with Crippen molar-refractivity contribution in [3.8, 4) is 17.1 Å². The molecule has 7 heteroatoms. The van der Waals surface area contributed by atoms with Gasteiger partial charge in [-0.15, -0.1) is 0 Å². The fraction of sp³-hybridized carbons (Fsp3) is 0.211. The van der Waals surface area contributed by atoms with Crippen LogP contribution in [0.1, 0.15) is 23.2 Å². The number of rotatable bonds is 6. The van der Waals surface area contributed by atoms with Crippen molar-refractivity contribution in [3.63, 3.8) is 0 Å². The molecule has 3 aromatic rings. The van der Waals surface area contributed by atoms with Crippen LogP contribution in [0.2, 0.25) is 0 Å². The Morgan fingerprint density at radius 2 is 1.92 bits per heavy atom. The highest BCUT2D eigenvalue weighted by Crippen LogP contribution is 2.21. The summed E-state index contributed by atoms with van der Waals surface area (Å²) in [7, 11) is 1.61. The molecule has 0 aliphatic heterocycles. The van der Waals surface area contributed by atoms with E-state index in [4.69, 9.17) is 9.26 Å². The molecule has 26 heavy (non-hydrogen) atoms. The Morgan fingerprint density at radius 3 is 2.58 bits per heavy atom. The summed E-state index contributed by atoms with van der Waals surface area (Å²) in [5.74, 6) is 1.53. The summed E-state index contributed by atoms with van der Waals surface area (Å²) in [6, 6.07) is 14.7. The van der Waals surface area contributed by atoms with Gasteiger partial charge in [0, 0.05) is 16.6 Å². The average molecular weight is 416 g/mol. The van der Waals surface area contributed by atoms with Crippen molar-refractivity contribution in [2.45, 2.75) is 13.5 Å². The van der Waals surface area contributed by atoms with Crippen molar-refractivity contribution >= 4 is 21.8 Å². The first kappa shape index (κ1) is 18.1. The predicted molar refractivity (Wildman–Crippen MR) is 101 cm³/mol. The smallest absolute Gasteiger partial charge is 0.255 e. The highest BCUT2D eigenvalue weighted by Gasteiger charge is 2.19. The van der Waals surface area contributed by atoms with Gasteiger partial charge in [-0.05, 0) is 59.3 Å². The molecule has 134 valence electrons. The predicted octanol–water partition coefficient (Wildman–Crippen LogP) is 4.17. The van der Waals surface area contributed by atoms with Gasteiger partial charge >= 0.3 is 0 Å². The van der Waals surface area contributed by atoms with Gasteiger partial charge in [-0.3, -0.25) is 4.79 Å². The topological polar surface area (TPSA) is 68.5 Å². The van der Waals surface area contributed by atoms with Crippen molar-refractivity contribution in [1.29, 1.82) is 0 Å². The molecule has 0 aliphatic carbocycles. The number of aromatic nitrogens is 2. The minimum Gasteiger partial charge on any atom is -0.497 e. The maximum Gasteiger partial charge on any atom is 0.255 e. The second kappa shape index (κ2) is 8.14. The molecular weight excluding hydrogens is 398 g/mol. The number of benzene rings is 2. The fourth-order valence-electron chi connectivity index (χ4n) is 2.47. The first-order valence-electron chi connectivity index (χ1n) is 8.13. The van der Waals surface area contributed by atoms with Crippen LogP contribution in [0.25, 0.3) is 11.4 Å². The van der Waals surface area contributed by atoms with E-state index in [1.807, 2.05) is 49.4 Å². The van der Waals surface area contributed by atoms with E-state index < -0.39 is 0 Å². The number of halogens is 1. The van der Waals surface area contributed by atoms with Crippen LogP contribution in [-0.2, 0) is 6.54 Å². The van der Waals surface area contributed by atoms with Gasteiger partial charge < -0.3 is 14.2 Å². The largest absolute Gasteiger partial charge is 0.497 e. The summed E-state index contributed by atoms with van der Waals surface area (Å²) in [6.07, 6.45) is 0. The van der Waals surface area contributed by atoms with Crippen LogP contribution in [0.15, 0.2) is 57.5 Å². The minimum absolute atomic E-state index is 0.0934. The summed E-state index contributed by atoms with van der Waals surface area (Å²) in [6.45, 7) is 2.69. The molecule has 0 aliphatic rings. The van der Waals surface area contributed by atoms with Gasteiger partial charge in [0.2, 0.25) is 11.7 Å². The SMILES string of the molecule is CCN(Cc1nc(-c2ccc(OC)cc2)no1)C(=O)c1ccccc1Br. The highest BCUT2D eigenvalue weighted by atomic mass is 79.9. The maximum atomic E-state index is 12.7. The van der Waals surface area contributed by atoms with Gasteiger partial charge in [0.25, 0.3) is 5.91 Å². The lowest BCUT2D eigenvalue weighted by Gasteiger charge is -2.19. The van der Waals surface area contributed by atoms with Crippen LogP contribution < -0.4 is 4.74 Å². The molecule has 0 unspecified atom stereocenters. The molecule has 0 N–H and O–H groups in total. The van der Waals surface area contributed by atoms with Crippen LogP contribution >= 0.6 is 15.9 Å². The third-order valence-corrected chi connectivity index (χ3v) is 4.61. The highest BCUT2D eigenvalue weighted by molar-refractivity contribution is 9.10. The van der Waals surface area contributed by atoms with E-state index in [2.05, 4.69) is 26.1 Å². The zero-order chi connectivity index (χ0) is 18.5. The molecule has 3 rings (SSSR count). The number of nitrogens with zero attached hydrogens (tertiary/aromatic N) is 3. The van der Waals surface area contributed by atoms with Crippen molar-refractivity contribution < 1.29 is 14.1 Å². The van der Waals surface area contributed by atoms with E-state index in [-0.39, 0.29) is 12.5 Å². The van der Waals surface area contributed by atoms with E-state index in [0.717, 1.165) is 15.8 Å². The van der Waals surface area contributed by atoms with Gasteiger partial charge in [0.1, 0.15) is 12.3 Å². The summed E-state index contributed by atoms with van der Waals surface area (Å²) >= 11 is 3.42. The Balaban J connectivity index is 1.76. The number of amides is 1. The van der Waals surface area contributed by atoms with E-state index in [9.17, 15) is 4.79 Å². The monoisotopic (exact) mass is 415 g/mol. The van der Waals surface area contributed by atoms with Crippen molar-refractivity contribution in [3.05, 3.63) is 64.5 Å². The molecule has 0 saturated carbocycles. The van der Waals surface area contributed by atoms with Crippen LogP contribution in [-0.4, -0.2) is 34.6 Å². The van der Waals surface area contributed by atoms with E-state index in [0.29, 0.717) is 23.8 Å². The third kappa shape index (κ3) is 3.94. The number of methoxy groups -OCH3 is 1. The zero-order valence-electron chi connectivity index (χ0n) is 14.5. The Kier molecular flexibility index (Phi) is 5.68. The lowest BCUT2D eigenvalue weighted by atomic mass is 10.2. The Labute approximate surface area is 159 Å². The van der Waals surface area contributed by atoms with Gasteiger partial charge in [-0.1, -0.05) is 17.3 Å². The second-order valence-corrected chi connectivity index (χ2v) is 6.39. The second-order valence-electron chi connectivity index (χ2n) is 5.54. The van der Waals surface area contributed by atoms with Crippen molar-refractivity contribution in [2.75, 3.05) is 13.7 Å². The number of ether oxygens (including phenoxy) is 1. The number of carbonyl (C=O) groups is 1. The zero-order valence-corrected chi connectivity index (χ0v) is 16.1. The number of carbonyl (C=O) groups excluding carboxylic acids is 1.